The molecule has 0 radical (unpaired) electrons. The second-order valence-electron chi connectivity index (χ2n) is 6.88. The van der Waals surface area contributed by atoms with E-state index in [4.69, 9.17) is 9.47 Å². The Morgan fingerprint density at radius 2 is 1.83 bits per heavy atom. The van der Waals surface area contributed by atoms with E-state index in [1.165, 1.54) is 6.07 Å². The van der Waals surface area contributed by atoms with Crippen molar-refractivity contribution in [3.63, 3.8) is 0 Å². The number of halogens is 3. The van der Waals surface area contributed by atoms with E-state index in [2.05, 4.69) is 4.98 Å². The molecule has 0 saturated carbocycles. The minimum atomic E-state index is -4.45. The summed E-state index contributed by atoms with van der Waals surface area (Å²) in [6.45, 7) is 1.83. The van der Waals surface area contributed by atoms with E-state index in [-0.39, 0.29) is 12.5 Å². The van der Waals surface area contributed by atoms with Crippen LogP contribution in [0.3, 0.4) is 0 Å². The van der Waals surface area contributed by atoms with Gasteiger partial charge >= 0.3 is 6.18 Å². The van der Waals surface area contributed by atoms with E-state index < -0.39 is 11.7 Å². The highest BCUT2D eigenvalue weighted by atomic mass is 19.4. The first-order valence-corrected chi connectivity index (χ1v) is 9.47. The number of hydrogen-bond donors (Lipinski definition) is 0. The second kappa shape index (κ2) is 8.31. The molecule has 4 rings (SSSR count). The van der Waals surface area contributed by atoms with Crippen molar-refractivity contribution in [2.75, 3.05) is 32.9 Å². The van der Waals surface area contributed by atoms with Crippen LogP contribution in [0.15, 0.2) is 54.6 Å². The van der Waals surface area contributed by atoms with Crippen LogP contribution in [0.5, 0.6) is 5.75 Å². The van der Waals surface area contributed by atoms with Gasteiger partial charge in [0.05, 0.1) is 30.0 Å². The maximum atomic E-state index is 13.1. The molecule has 0 spiro atoms. The van der Waals surface area contributed by atoms with Crippen LogP contribution in [-0.4, -0.2) is 48.7 Å². The molecule has 2 heterocycles. The largest absolute Gasteiger partial charge is 0.483 e. The smallest absolute Gasteiger partial charge is 0.416 e. The summed E-state index contributed by atoms with van der Waals surface area (Å²) in [5, 5.41) is 0.683. The van der Waals surface area contributed by atoms with Crippen LogP contribution >= 0.6 is 0 Å². The summed E-state index contributed by atoms with van der Waals surface area (Å²) in [5.41, 5.74) is 0.481. The number of morpholine rings is 1. The number of aromatic nitrogens is 1. The van der Waals surface area contributed by atoms with E-state index in [9.17, 15) is 18.0 Å². The van der Waals surface area contributed by atoms with E-state index in [0.717, 1.165) is 12.1 Å². The third kappa shape index (κ3) is 4.38. The lowest BCUT2D eigenvalue weighted by molar-refractivity contribution is -0.138. The quantitative estimate of drug-likeness (QED) is 0.641. The highest BCUT2D eigenvalue weighted by molar-refractivity contribution is 5.88. The Morgan fingerprint density at radius 3 is 2.60 bits per heavy atom. The van der Waals surface area contributed by atoms with E-state index in [1.807, 2.05) is 6.07 Å². The monoisotopic (exact) mass is 416 g/mol. The van der Waals surface area contributed by atoms with Gasteiger partial charge in [0.1, 0.15) is 5.75 Å². The number of para-hydroxylation sites is 1. The Morgan fingerprint density at radius 1 is 1.07 bits per heavy atom. The van der Waals surface area contributed by atoms with Crippen molar-refractivity contribution < 1.29 is 27.4 Å². The highest BCUT2D eigenvalue weighted by Gasteiger charge is 2.30. The van der Waals surface area contributed by atoms with Gasteiger partial charge in [0.15, 0.2) is 6.61 Å². The molecule has 1 aliphatic heterocycles. The SMILES string of the molecule is O=C(COc1cc(-c2cccc(C(F)(F)F)c2)nc2ccccc12)N1CCOCC1. The minimum Gasteiger partial charge on any atom is -0.483 e. The average Bonchev–Trinajstić information content (AvgIpc) is 2.77. The van der Waals surface area contributed by atoms with Gasteiger partial charge in [-0.15, -0.1) is 0 Å². The van der Waals surface area contributed by atoms with Crippen molar-refractivity contribution in [3.05, 3.63) is 60.2 Å². The predicted molar refractivity (Wildman–Crippen MR) is 105 cm³/mol. The van der Waals surface area contributed by atoms with Gasteiger partial charge in [0.2, 0.25) is 0 Å². The minimum absolute atomic E-state index is 0.167. The van der Waals surface area contributed by atoms with Crippen molar-refractivity contribution in [2.45, 2.75) is 6.18 Å². The molecule has 30 heavy (non-hydrogen) atoms. The molecule has 1 saturated heterocycles. The molecule has 0 bridgehead atoms. The number of alkyl halides is 3. The number of hydrogen-bond acceptors (Lipinski definition) is 4. The number of fused-ring (bicyclic) bond motifs is 1. The lowest BCUT2D eigenvalue weighted by Crippen LogP contribution is -2.43. The Balaban J connectivity index is 1.65. The zero-order chi connectivity index (χ0) is 21.1. The normalized spacial score (nSPS) is 14.7. The number of benzene rings is 2. The van der Waals surface area contributed by atoms with Crippen LogP contribution in [-0.2, 0) is 15.7 Å². The van der Waals surface area contributed by atoms with Crippen LogP contribution in [0.2, 0.25) is 0 Å². The fourth-order valence-corrected chi connectivity index (χ4v) is 3.31. The van der Waals surface area contributed by atoms with Gasteiger partial charge in [0.25, 0.3) is 5.91 Å². The van der Waals surface area contributed by atoms with Crippen LogP contribution in [0.1, 0.15) is 5.56 Å². The molecule has 0 atom stereocenters. The lowest BCUT2D eigenvalue weighted by Gasteiger charge is -2.26. The van der Waals surface area contributed by atoms with Crippen LogP contribution in [0.4, 0.5) is 13.2 Å². The summed E-state index contributed by atoms with van der Waals surface area (Å²) in [7, 11) is 0. The molecule has 3 aromatic rings. The maximum absolute atomic E-state index is 13.1. The Bertz CT molecular complexity index is 1060. The van der Waals surface area contributed by atoms with Crippen molar-refractivity contribution in [3.8, 4) is 17.0 Å². The van der Waals surface area contributed by atoms with Gasteiger partial charge in [-0.1, -0.05) is 24.3 Å². The molecular formula is C22H19F3N2O3. The van der Waals surface area contributed by atoms with Crippen molar-refractivity contribution in [2.24, 2.45) is 0 Å². The van der Waals surface area contributed by atoms with Gasteiger partial charge in [-0.3, -0.25) is 4.79 Å². The lowest BCUT2D eigenvalue weighted by atomic mass is 10.1. The first-order valence-electron chi connectivity index (χ1n) is 9.47. The summed E-state index contributed by atoms with van der Waals surface area (Å²) in [4.78, 5) is 18.6. The Labute approximate surface area is 171 Å². The number of carbonyl (C=O) groups is 1. The molecule has 5 nitrogen and oxygen atoms in total. The van der Waals surface area contributed by atoms with Crippen molar-refractivity contribution in [1.29, 1.82) is 0 Å². The van der Waals surface area contributed by atoms with Crippen molar-refractivity contribution >= 4 is 16.8 Å². The molecule has 0 aliphatic carbocycles. The van der Waals surface area contributed by atoms with Gasteiger partial charge in [-0.25, -0.2) is 4.98 Å². The van der Waals surface area contributed by atoms with Crippen LogP contribution < -0.4 is 4.74 Å². The van der Waals surface area contributed by atoms with Gasteiger partial charge in [-0.2, -0.15) is 13.2 Å². The molecule has 1 fully saturated rings. The maximum Gasteiger partial charge on any atom is 0.416 e. The first-order chi connectivity index (χ1) is 14.4. The number of pyridine rings is 1. The molecule has 156 valence electrons. The summed E-state index contributed by atoms with van der Waals surface area (Å²) in [6, 6.07) is 13.7. The Hall–Kier alpha value is -3.13. The third-order valence-corrected chi connectivity index (χ3v) is 4.88. The second-order valence-corrected chi connectivity index (χ2v) is 6.88. The molecule has 1 aliphatic rings. The number of rotatable bonds is 4. The zero-order valence-corrected chi connectivity index (χ0v) is 16.0. The summed E-state index contributed by atoms with van der Waals surface area (Å²) < 4.78 is 50.4. The van der Waals surface area contributed by atoms with Crippen LogP contribution in [0, 0.1) is 0 Å². The van der Waals surface area contributed by atoms with Gasteiger partial charge in [-0.05, 0) is 24.3 Å². The molecule has 1 amide bonds. The summed E-state index contributed by atoms with van der Waals surface area (Å²) >= 11 is 0. The fourth-order valence-electron chi connectivity index (χ4n) is 3.31. The van der Waals surface area contributed by atoms with Crippen molar-refractivity contribution in [1.82, 2.24) is 9.88 Å². The molecule has 0 N–H and O–H groups in total. The van der Waals surface area contributed by atoms with Gasteiger partial charge < -0.3 is 14.4 Å². The third-order valence-electron chi connectivity index (χ3n) is 4.88. The number of amides is 1. The predicted octanol–water partition coefficient (Wildman–Crippen LogP) is 4.16. The summed E-state index contributed by atoms with van der Waals surface area (Å²) in [6.07, 6.45) is -4.45. The average molecular weight is 416 g/mol. The molecule has 0 unspecified atom stereocenters. The topological polar surface area (TPSA) is 51.7 Å². The summed E-state index contributed by atoms with van der Waals surface area (Å²) in [5.74, 6) is 0.231. The van der Waals surface area contributed by atoms with Crippen LogP contribution in [0.25, 0.3) is 22.2 Å². The number of carbonyl (C=O) groups excluding carboxylic acids is 1. The standard InChI is InChI=1S/C22H19F3N2O3/c23-22(24,25)16-5-3-4-15(12-16)19-13-20(17-6-1-2-7-18(17)26-19)30-14-21(28)27-8-10-29-11-9-27/h1-7,12-13H,8-11,14H2. The fraction of sp³-hybridized carbons (Fsp3) is 0.273. The molecule has 1 aromatic heterocycles. The first kappa shape index (κ1) is 20.2. The Kier molecular flexibility index (Phi) is 5.59. The van der Waals surface area contributed by atoms with E-state index in [1.54, 1.807) is 35.2 Å². The molecular weight excluding hydrogens is 397 g/mol. The molecule has 2 aromatic carbocycles. The molecule has 8 heteroatoms. The number of ether oxygens (including phenoxy) is 2. The zero-order valence-electron chi connectivity index (χ0n) is 16.0. The highest BCUT2D eigenvalue weighted by Crippen LogP contribution is 2.34. The van der Waals surface area contributed by atoms with E-state index >= 15 is 0 Å². The van der Waals surface area contributed by atoms with E-state index in [0.29, 0.717) is 54.2 Å². The number of nitrogens with zero attached hydrogens (tertiary/aromatic N) is 2. The van der Waals surface area contributed by atoms with Gasteiger partial charge in [0, 0.05) is 30.1 Å².